The maximum Gasteiger partial charge on any atom is 0.216 e. The van der Waals surface area contributed by atoms with Crippen molar-refractivity contribution in [3.05, 3.63) is 48.4 Å². The summed E-state index contributed by atoms with van der Waals surface area (Å²) >= 11 is 0. The summed E-state index contributed by atoms with van der Waals surface area (Å²) in [5.74, 6) is 0.538. The predicted molar refractivity (Wildman–Crippen MR) is 112 cm³/mol. The number of carbonyl (C=O) groups is 1. The maximum absolute atomic E-state index is 10.9. The first-order valence-corrected chi connectivity index (χ1v) is 9.78. The van der Waals surface area contributed by atoms with Crippen LogP contribution in [0.2, 0.25) is 0 Å². The van der Waals surface area contributed by atoms with Crippen LogP contribution < -0.4 is 5.32 Å². The molecule has 1 rings (SSSR count). The van der Waals surface area contributed by atoms with Crippen molar-refractivity contribution in [3.63, 3.8) is 0 Å². The molecule has 4 heteroatoms. The van der Waals surface area contributed by atoms with Crippen molar-refractivity contribution in [1.82, 2.24) is 15.1 Å². The van der Waals surface area contributed by atoms with Crippen LogP contribution in [0.3, 0.4) is 0 Å². The minimum Gasteiger partial charge on any atom is -0.372 e. The molecule has 1 heterocycles. The van der Waals surface area contributed by atoms with Crippen LogP contribution in [0.1, 0.15) is 47.0 Å². The SMILES string of the molecule is C=C(/C(C)=C\C=C/C)N1CCN(C(=C)[C@@H](C)CCCCNC(C)=O)CC1. The summed E-state index contributed by atoms with van der Waals surface area (Å²) < 4.78 is 0. The number of nitrogens with one attached hydrogen (secondary N) is 1. The first-order valence-electron chi connectivity index (χ1n) is 9.78. The first kappa shape index (κ1) is 22.1. The standard InChI is InChI=1S/C22H37N3O/c1-7-8-11-18(2)20(4)24-14-16-25(17-15-24)21(5)19(3)12-9-10-13-23-22(6)26/h7-8,11,19H,4-5,9-10,12-17H2,1-3,6H3,(H,23,26)/b8-7-,18-11-/t19-/m0/s1. The highest BCUT2D eigenvalue weighted by atomic mass is 16.1. The summed E-state index contributed by atoms with van der Waals surface area (Å²) in [5, 5.41) is 2.85. The molecule has 1 amide bonds. The molecule has 1 atom stereocenters. The smallest absolute Gasteiger partial charge is 0.216 e. The summed E-state index contributed by atoms with van der Waals surface area (Å²) in [7, 11) is 0. The van der Waals surface area contributed by atoms with Gasteiger partial charge in [-0.3, -0.25) is 4.79 Å². The van der Waals surface area contributed by atoms with E-state index in [2.05, 4.69) is 54.3 Å². The fraction of sp³-hybridized carbons (Fsp3) is 0.591. The zero-order chi connectivity index (χ0) is 19.5. The topological polar surface area (TPSA) is 35.6 Å². The summed E-state index contributed by atoms with van der Waals surface area (Å²) in [6.45, 7) is 21.3. The minimum absolute atomic E-state index is 0.0534. The number of nitrogens with zero attached hydrogens (tertiary/aromatic N) is 2. The van der Waals surface area contributed by atoms with E-state index in [4.69, 9.17) is 0 Å². The molecule has 1 fully saturated rings. The van der Waals surface area contributed by atoms with Gasteiger partial charge in [-0.1, -0.05) is 44.7 Å². The van der Waals surface area contributed by atoms with E-state index >= 15 is 0 Å². The zero-order valence-electron chi connectivity index (χ0n) is 17.2. The Labute approximate surface area is 160 Å². The quantitative estimate of drug-likeness (QED) is 0.471. The molecule has 0 aromatic heterocycles. The van der Waals surface area contributed by atoms with Gasteiger partial charge in [0.1, 0.15) is 0 Å². The highest BCUT2D eigenvalue weighted by molar-refractivity contribution is 5.72. The average molecular weight is 360 g/mol. The molecule has 0 aliphatic carbocycles. The normalized spacial score (nSPS) is 16.7. The van der Waals surface area contributed by atoms with Gasteiger partial charge in [0.05, 0.1) is 0 Å². The molecule has 0 aromatic rings. The number of unbranched alkanes of at least 4 members (excludes halogenated alkanes) is 1. The molecule has 1 aliphatic rings. The Morgan fingerprint density at radius 2 is 1.73 bits per heavy atom. The Kier molecular flexibility index (Phi) is 9.85. The van der Waals surface area contributed by atoms with Gasteiger partial charge in [-0.05, 0) is 38.2 Å². The number of amides is 1. The molecule has 1 N–H and O–H groups in total. The molecule has 0 spiro atoms. The van der Waals surface area contributed by atoms with Crippen LogP contribution in [-0.4, -0.2) is 48.4 Å². The number of hydrogen-bond donors (Lipinski definition) is 1. The minimum atomic E-state index is 0.0534. The van der Waals surface area contributed by atoms with E-state index in [9.17, 15) is 4.79 Å². The van der Waals surface area contributed by atoms with Gasteiger partial charge in [0, 0.05) is 51.0 Å². The van der Waals surface area contributed by atoms with Gasteiger partial charge in [0.2, 0.25) is 5.91 Å². The molecule has 0 radical (unpaired) electrons. The molecule has 1 saturated heterocycles. The monoisotopic (exact) mass is 359 g/mol. The van der Waals surface area contributed by atoms with E-state index in [-0.39, 0.29) is 5.91 Å². The Morgan fingerprint density at radius 3 is 2.31 bits per heavy atom. The van der Waals surface area contributed by atoms with E-state index in [1.54, 1.807) is 6.92 Å². The molecular formula is C22H37N3O. The van der Waals surface area contributed by atoms with Crippen molar-refractivity contribution in [2.75, 3.05) is 32.7 Å². The summed E-state index contributed by atoms with van der Waals surface area (Å²) in [6, 6.07) is 0. The molecule has 0 unspecified atom stereocenters. The van der Waals surface area contributed by atoms with Gasteiger partial charge < -0.3 is 15.1 Å². The van der Waals surface area contributed by atoms with Gasteiger partial charge in [-0.2, -0.15) is 0 Å². The Balaban J connectivity index is 2.36. The third kappa shape index (κ3) is 7.51. The second-order valence-electron chi connectivity index (χ2n) is 7.17. The lowest BCUT2D eigenvalue weighted by Gasteiger charge is -2.40. The van der Waals surface area contributed by atoms with E-state index in [1.165, 1.54) is 11.3 Å². The number of carbonyl (C=O) groups excluding carboxylic acids is 1. The van der Waals surface area contributed by atoms with Gasteiger partial charge in [0.25, 0.3) is 0 Å². The van der Waals surface area contributed by atoms with Crippen LogP contribution >= 0.6 is 0 Å². The number of hydrogen-bond acceptors (Lipinski definition) is 3. The predicted octanol–water partition coefficient (Wildman–Crippen LogP) is 4.10. The molecule has 1 aliphatic heterocycles. The van der Waals surface area contributed by atoms with Crippen LogP contribution in [0.25, 0.3) is 0 Å². The van der Waals surface area contributed by atoms with E-state index in [1.807, 2.05) is 13.0 Å². The van der Waals surface area contributed by atoms with Crippen LogP contribution in [0, 0.1) is 5.92 Å². The van der Waals surface area contributed by atoms with E-state index in [0.717, 1.165) is 57.7 Å². The molecule has 0 aromatic carbocycles. The van der Waals surface area contributed by atoms with Crippen LogP contribution in [0.5, 0.6) is 0 Å². The first-order chi connectivity index (χ1) is 12.4. The lowest BCUT2D eigenvalue weighted by Crippen LogP contribution is -2.45. The zero-order valence-corrected chi connectivity index (χ0v) is 17.2. The van der Waals surface area contributed by atoms with Crippen molar-refractivity contribution >= 4 is 5.91 Å². The lowest BCUT2D eigenvalue weighted by molar-refractivity contribution is -0.118. The highest BCUT2D eigenvalue weighted by Crippen LogP contribution is 2.23. The van der Waals surface area contributed by atoms with Gasteiger partial charge in [0.15, 0.2) is 0 Å². The third-order valence-corrected chi connectivity index (χ3v) is 5.07. The number of allylic oxidation sites excluding steroid dienone is 5. The summed E-state index contributed by atoms with van der Waals surface area (Å²) in [5.41, 5.74) is 3.60. The van der Waals surface area contributed by atoms with E-state index in [0.29, 0.717) is 5.92 Å². The summed E-state index contributed by atoms with van der Waals surface area (Å²) in [4.78, 5) is 15.7. The van der Waals surface area contributed by atoms with Crippen molar-refractivity contribution in [2.45, 2.75) is 47.0 Å². The Hall–Kier alpha value is -1.97. The molecule has 0 bridgehead atoms. The third-order valence-electron chi connectivity index (χ3n) is 5.07. The Bertz CT molecular complexity index is 540. The highest BCUT2D eigenvalue weighted by Gasteiger charge is 2.21. The fourth-order valence-corrected chi connectivity index (χ4v) is 3.17. The molecule has 146 valence electrons. The van der Waals surface area contributed by atoms with Gasteiger partial charge >= 0.3 is 0 Å². The van der Waals surface area contributed by atoms with Crippen LogP contribution in [0.4, 0.5) is 0 Å². The maximum atomic E-state index is 10.9. The van der Waals surface area contributed by atoms with Crippen molar-refractivity contribution < 1.29 is 4.79 Å². The van der Waals surface area contributed by atoms with Crippen LogP contribution in [0.15, 0.2) is 48.4 Å². The summed E-state index contributed by atoms with van der Waals surface area (Å²) in [6.07, 6.45) is 9.49. The van der Waals surface area contributed by atoms with Crippen molar-refractivity contribution in [1.29, 1.82) is 0 Å². The molecule has 4 nitrogen and oxygen atoms in total. The van der Waals surface area contributed by atoms with Crippen molar-refractivity contribution in [2.24, 2.45) is 5.92 Å². The Morgan fingerprint density at radius 1 is 1.12 bits per heavy atom. The van der Waals surface area contributed by atoms with Gasteiger partial charge in [-0.25, -0.2) is 0 Å². The van der Waals surface area contributed by atoms with E-state index < -0.39 is 0 Å². The second-order valence-corrected chi connectivity index (χ2v) is 7.17. The second kappa shape index (κ2) is 11.6. The average Bonchev–Trinajstić information content (AvgIpc) is 2.64. The molecule has 0 saturated carbocycles. The van der Waals surface area contributed by atoms with Crippen LogP contribution in [-0.2, 0) is 4.79 Å². The lowest BCUT2D eigenvalue weighted by atomic mass is 9.99. The fourth-order valence-electron chi connectivity index (χ4n) is 3.17. The van der Waals surface area contributed by atoms with Crippen molar-refractivity contribution in [3.8, 4) is 0 Å². The number of piperazine rings is 1. The number of rotatable bonds is 10. The van der Waals surface area contributed by atoms with Gasteiger partial charge in [-0.15, -0.1) is 0 Å². The molecule has 26 heavy (non-hydrogen) atoms. The largest absolute Gasteiger partial charge is 0.372 e. The molecular weight excluding hydrogens is 322 g/mol.